The Kier molecular flexibility index (Phi) is 5.44. The Morgan fingerprint density at radius 2 is 1.96 bits per heavy atom. The molecule has 1 amide bonds. The van der Waals surface area contributed by atoms with Gasteiger partial charge in [-0.05, 0) is 62.8 Å². The zero-order valence-corrected chi connectivity index (χ0v) is 16.6. The standard InChI is InChI=1S/C23H30FNO3/c1-15(18-13-16-8-9-17(18)12-16)25-21(26)14-28-22(27)23(10-4-5-11-23)19-6-2-3-7-20(19)24/h2-3,6-7,15-18H,4-5,8-14H2,1H3,(H,25,26). The Labute approximate surface area is 166 Å². The second-order valence-corrected chi connectivity index (χ2v) is 9.04. The summed E-state index contributed by atoms with van der Waals surface area (Å²) in [4.78, 5) is 25.3. The van der Waals surface area contributed by atoms with E-state index < -0.39 is 11.4 Å². The molecule has 3 aliphatic carbocycles. The van der Waals surface area contributed by atoms with Gasteiger partial charge in [-0.15, -0.1) is 0 Å². The van der Waals surface area contributed by atoms with Gasteiger partial charge >= 0.3 is 5.97 Å². The molecule has 28 heavy (non-hydrogen) atoms. The summed E-state index contributed by atoms with van der Waals surface area (Å²) in [6.07, 6.45) is 7.94. The number of carbonyl (C=O) groups is 2. The Bertz CT molecular complexity index is 743. The highest BCUT2D eigenvalue weighted by Crippen LogP contribution is 2.49. The first-order chi connectivity index (χ1) is 13.5. The average molecular weight is 387 g/mol. The smallest absolute Gasteiger partial charge is 0.317 e. The average Bonchev–Trinajstić information content (AvgIpc) is 3.43. The summed E-state index contributed by atoms with van der Waals surface area (Å²) in [5.74, 6) is 0.984. The summed E-state index contributed by atoms with van der Waals surface area (Å²) in [5, 5.41) is 3.03. The van der Waals surface area contributed by atoms with E-state index in [9.17, 15) is 14.0 Å². The molecular formula is C23H30FNO3. The van der Waals surface area contributed by atoms with Crippen molar-refractivity contribution in [2.24, 2.45) is 17.8 Å². The number of fused-ring (bicyclic) bond motifs is 2. The van der Waals surface area contributed by atoms with Gasteiger partial charge < -0.3 is 10.1 Å². The Morgan fingerprint density at radius 1 is 1.21 bits per heavy atom. The molecule has 0 saturated heterocycles. The number of carbonyl (C=O) groups excluding carboxylic acids is 2. The first-order valence-corrected chi connectivity index (χ1v) is 10.7. The summed E-state index contributed by atoms with van der Waals surface area (Å²) >= 11 is 0. The lowest BCUT2D eigenvalue weighted by atomic mass is 9.78. The maximum Gasteiger partial charge on any atom is 0.317 e. The topological polar surface area (TPSA) is 55.4 Å². The van der Waals surface area contributed by atoms with Crippen molar-refractivity contribution in [3.63, 3.8) is 0 Å². The molecule has 152 valence electrons. The van der Waals surface area contributed by atoms with Crippen LogP contribution in [0.3, 0.4) is 0 Å². The molecule has 3 fully saturated rings. The highest BCUT2D eigenvalue weighted by atomic mass is 19.1. The predicted molar refractivity (Wildman–Crippen MR) is 104 cm³/mol. The van der Waals surface area contributed by atoms with Crippen LogP contribution >= 0.6 is 0 Å². The van der Waals surface area contributed by atoms with Crippen LogP contribution in [-0.2, 0) is 19.7 Å². The number of nitrogens with one attached hydrogen (secondary N) is 1. The number of ether oxygens (including phenoxy) is 1. The molecule has 4 rings (SSSR count). The maximum atomic E-state index is 14.4. The van der Waals surface area contributed by atoms with Crippen molar-refractivity contribution < 1.29 is 18.7 Å². The third-order valence-electron chi connectivity index (χ3n) is 7.40. The minimum Gasteiger partial charge on any atom is -0.455 e. The molecule has 0 spiro atoms. The Balaban J connectivity index is 1.35. The van der Waals surface area contributed by atoms with Gasteiger partial charge in [-0.1, -0.05) is 37.5 Å². The summed E-state index contributed by atoms with van der Waals surface area (Å²) < 4.78 is 19.8. The third kappa shape index (κ3) is 3.56. The van der Waals surface area contributed by atoms with Crippen LogP contribution in [0.15, 0.2) is 24.3 Å². The van der Waals surface area contributed by atoms with Crippen molar-refractivity contribution in [1.29, 1.82) is 0 Å². The molecule has 3 aliphatic rings. The summed E-state index contributed by atoms with van der Waals surface area (Å²) in [5.41, 5.74) is -0.560. The normalized spacial score (nSPS) is 28.9. The molecule has 4 atom stereocenters. The molecule has 2 bridgehead atoms. The van der Waals surface area contributed by atoms with Gasteiger partial charge in [0.25, 0.3) is 5.91 Å². The molecular weight excluding hydrogens is 357 g/mol. The third-order valence-corrected chi connectivity index (χ3v) is 7.40. The van der Waals surface area contributed by atoms with Gasteiger partial charge in [0.1, 0.15) is 5.82 Å². The van der Waals surface area contributed by atoms with Crippen molar-refractivity contribution in [1.82, 2.24) is 5.32 Å². The Hall–Kier alpha value is -1.91. The van der Waals surface area contributed by atoms with Gasteiger partial charge in [0.15, 0.2) is 6.61 Å². The van der Waals surface area contributed by atoms with E-state index in [0.29, 0.717) is 24.3 Å². The summed E-state index contributed by atoms with van der Waals surface area (Å²) in [7, 11) is 0. The largest absolute Gasteiger partial charge is 0.455 e. The molecule has 1 aromatic carbocycles. The second-order valence-electron chi connectivity index (χ2n) is 9.04. The van der Waals surface area contributed by atoms with Crippen LogP contribution in [-0.4, -0.2) is 24.5 Å². The Morgan fingerprint density at radius 3 is 2.61 bits per heavy atom. The minimum atomic E-state index is -0.957. The van der Waals surface area contributed by atoms with Gasteiger partial charge in [-0.25, -0.2) is 4.39 Å². The van der Waals surface area contributed by atoms with Gasteiger partial charge in [0.2, 0.25) is 0 Å². The van der Waals surface area contributed by atoms with Crippen molar-refractivity contribution in [3.05, 3.63) is 35.6 Å². The van der Waals surface area contributed by atoms with Crippen molar-refractivity contribution in [2.75, 3.05) is 6.61 Å². The number of amides is 1. The number of benzene rings is 1. The van der Waals surface area contributed by atoms with Crippen LogP contribution in [0, 0.1) is 23.6 Å². The highest BCUT2D eigenvalue weighted by Gasteiger charge is 2.46. The molecule has 1 N–H and O–H groups in total. The summed E-state index contributed by atoms with van der Waals surface area (Å²) in [6.45, 7) is 1.77. The van der Waals surface area contributed by atoms with Gasteiger partial charge in [0, 0.05) is 11.6 Å². The fraction of sp³-hybridized carbons (Fsp3) is 0.652. The van der Waals surface area contributed by atoms with Crippen molar-refractivity contribution in [3.8, 4) is 0 Å². The number of halogens is 1. The van der Waals surface area contributed by atoms with Crippen molar-refractivity contribution in [2.45, 2.75) is 69.7 Å². The van der Waals surface area contributed by atoms with Crippen molar-refractivity contribution >= 4 is 11.9 Å². The molecule has 0 radical (unpaired) electrons. The zero-order valence-electron chi connectivity index (χ0n) is 16.6. The van der Waals surface area contributed by atoms with Crippen LogP contribution < -0.4 is 5.32 Å². The highest BCUT2D eigenvalue weighted by molar-refractivity contribution is 5.86. The SMILES string of the molecule is CC(NC(=O)COC(=O)C1(c2ccccc2F)CCCC1)C1CC2CCC1C2. The monoisotopic (exact) mass is 387 g/mol. The minimum absolute atomic E-state index is 0.105. The fourth-order valence-corrected chi connectivity index (χ4v) is 5.99. The lowest BCUT2D eigenvalue weighted by molar-refractivity contribution is -0.154. The lowest BCUT2D eigenvalue weighted by Gasteiger charge is -2.29. The molecule has 1 aromatic rings. The first-order valence-electron chi connectivity index (χ1n) is 10.7. The van der Waals surface area contributed by atoms with E-state index in [4.69, 9.17) is 4.74 Å². The van der Waals surface area contributed by atoms with Crippen LogP contribution in [0.25, 0.3) is 0 Å². The molecule has 0 aliphatic heterocycles. The maximum absolute atomic E-state index is 14.4. The van der Waals surface area contributed by atoms with Crippen LogP contribution in [0.5, 0.6) is 0 Å². The molecule has 4 unspecified atom stereocenters. The number of esters is 1. The van der Waals surface area contributed by atoms with Gasteiger partial charge in [-0.2, -0.15) is 0 Å². The van der Waals surface area contributed by atoms with E-state index >= 15 is 0 Å². The van der Waals surface area contributed by atoms with E-state index in [-0.39, 0.29) is 24.4 Å². The van der Waals surface area contributed by atoms with E-state index in [2.05, 4.69) is 12.2 Å². The van der Waals surface area contributed by atoms with E-state index in [1.165, 1.54) is 31.7 Å². The first kappa shape index (κ1) is 19.4. The summed E-state index contributed by atoms with van der Waals surface area (Å²) in [6, 6.07) is 6.52. The lowest BCUT2D eigenvalue weighted by Crippen LogP contribution is -2.43. The van der Waals surface area contributed by atoms with Crippen LogP contribution in [0.1, 0.15) is 63.9 Å². The molecule has 0 heterocycles. The zero-order chi connectivity index (χ0) is 19.7. The molecule has 5 heteroatoms. The quantitative estimate of drug-likeness (QED) is 0.747. The van der Waals surface area contributed by atoms with Gasteiger partial charge in [-0.3, -0.25) is 9.59 Å². The molecule has 4 nitrogen and oxygen atoms in total. The number of rotatable bonds is 6. The molecule has 0 aromatic heterocycles. The van der Waals surface area contributed by atoms with E-state index in [0.717, 1.165) is 24.7 Å². The van der Waals surface area contributed by atoms with E-state index in [1.54, 1.807) is 18.2 Å². The van der Waals surface area contributed by atoms with Crippen LogP contribution in [0.2, 0.25) is 0 Å². The van der Waals surface area contributed by atoms with Crippen LogP contribution in [0.4, 0.5) is 4.39 Å². The van der Waals surface area contributed by atoms with E-state index in [1.807, 2.05) is 0 Å². The predicted octanol–water partition coefficient (Wildman–Crippen LogP) is 4.12. The number of hydrogen-bond donors (Lipinski definition) is 1. The van der Waals surface area contributed by atoms with Gasteiger partial charge in [0.05, 0.1) is 5.41 Å². The second kappa shape index (κ2) is 7.84. The molecule has 3 saturated carbocycles. The fourth-order valence-electron chi connectivity index (χ4n) is 5.99. The number of hydrogen-bond acceptors (Lipinski definition) is 3.